The molecule has 3 nitrogen and oxygen atoms in total. The van der Waals surface area contributed by atoms with E-state index in [0.717, 1.165) is 4.47 Å². The molecule has 0 saturated heterocycles. The third kappa shape index (κ3) is 4.06. The van der Waals surface area contributed by atoms with Crippen molar-refractivity contribution in [2.24, 2.45) is 5.92 Å². The number of hydrogen-bond acceptors (Lipinski definition) is 3. The molecule has 1 rings (SSSR count). The molecule has 2 unspecified atom stereocenters. The molecule has 112 valence electrons. The van der Waals surface area contributed by atoms with E-state index in [2.05, 4.69) is 15.9 Å². The van der Waals surface area contributed by atoms with E-state index < -0.39 is 17.1 Å². The van der Waals surface area contributed by atoms with Gasteiger partial charge in [0.2, 0.25) is 0 Å². The molecule has 4 heteroatoms. The molecule has 0 radical (unpaired) electrons. The fraction of sp³-hybridized carbons (Fsp3) is 0.562. The van der Waals surface area contributed by atoms with Crippen molar-refractivity contribution in [2.45, 2.75) is 52.2 Å². The quantitative estimate of drug-likeness (QED) is 0.840. The van der Waals surface area contributed by atoms with Crippen LogP contribution in [0.5, 0.6) is 0 Å². The molecule has 0 fully saturated rings. The molecule has 1 N–H and O–H groups in total. The van der Waals surface area contributed by atoms with Crippen LogP contribution in [-0.4, -0.2) is 16.7 Å². The Kier molecular flexibility index (Phi) is 5.39. The summed E-state index contributed by atoms with van der Waals surface area (Å²) in [6, 6.07) is 7.40. The lowest BCUT2D eigenvalue weighted by molar-refractivity contribution is -0.170. The third-order valence-electron chi connectivity index (χ3n) is 3.34. The topological polar surface area (TPSA) is 46.5 Å². The van der Waals surface area contributed by atoms with Crippen molar-refractivity contribution in [3.63, 3.8) is 0 Å². The molecular weight excluding hydrogens is 320 g/mol. The highest BCUT2D eigenvalue weighted by molar-refractivity contribution is 9.10. The summed E-state index contributed by atoms with van der Waals surface area (Å²) in [7, 11) is 0. The molecule has 0 heterocycles. The standard InChI is InChI=1S/C16H23BrO3/c1-6-16(19,12-8-7-9-13(17)10-12)11(2)14(18)20-15(3,4)5/h7-11,19H,6H2,1-5H3. The van der Waals surface area contributed by atoms with E-state index in [-0.39, 0.29) is 5.97 Å². The van der Waals surface area contributed by atoms with E-state index in [9.17, 15) is 9.90 Å². The van der Waals surface area contributed by atoms with Crippen molar-refractivity contribution < 1.29 is 14.6 Å². The van der Waals surface area contributed by atoms with Crippen LogP contribution in [0.15, 0.2) is 28.7 Å². The Bertz CT molecular complexity index is 479. The van der Waals surface area contributed by atoms with E-state index in [1.807, 2.05) is 52.0 Å². The van der Waals surface area contributed by atoms with E-state index >= 15 is 0 Å². The van der Waals surface area contributed by atoms with Gasteiger partial charge in [0, 0.05) is 4.47 Å². The van der Waals surface area contributed by atoms with Crippen LogP contribution in [0.2, 0.25) is 0 Å². The van der Waals surface area contributed by atoms with Gasteiger partial charge < -0.3 is 9.84 Å². The normalized spacial score (nSPS) is 16.4. The minimum atomic E-state index is -1.23. The van der Waals surface area contributed by atoms with Crippen molar-refractivity contribution in [1.29, 1.82) is 0 Å². The van der Waals surface area contributed by atoms with Gasteiger partial charge in [0.25, 0.3) is 0 Å². The van der Waals surface area contributed by atoms with E-state index in [1.165, 1.54) is 0 Å². The summed E-state index contributed by atoms with van der Waals surface area (Å²) < 4.78 is 6.26. The van der Waals surface area contributed by atoms with Gasteiger partial charge in [-0.1, -0.05) is 35.0 Å². The highest BCUT2D eigenvalue weighted by Gasteiger charge is 2.40. The molecule has 0 saturated carbocycles. The molecule has 0 aromatic heterocycles. The highest BCUT2D eigenvalue weighted by atomic mass is 79.9. The fourth-order valence-corrected chi connectivity index (χ4v) is 2.50. The van der Waals surface area contributed by atoms with Crippen LogP contribution in [0.4, 0.5) is 0 Å². The molecular formula is C16H23BrO3. The number of carbonyl (C=O) groups excluding carboxylic acids is 1. The van der Waals surface area contributed by atoms with Gasteiger partial charge in [-0.05, 0) is 51.8 Å². The zero-order chi connectivity index (χ0) is 15.6. The van der Waals surface area contributed by atoms with Crippen LogP contribution in [0.25, 0.3) is 0 Å². The number of ether oxygens (including phenoxy) is 1. The average Bonchev–Trinajstić information content (AvgIpc) is 2.34. The molecule has 0 aliphatic carbocycles. The SMILES string of the molecule is CCC(O)(c1cccc(Br)c1)C(C)C(=O)OC(C)(C)C. The summed E-state index contributed by atoms with van der Waals surface area (Å²) in [6.07, 6.45) is 0.434. The predicted octanol–water partition coefficient (Wildman–Crippen LogP) is 4.02. The average molecular weight is 343 g/mol. The molecule has 0 aliphatic rings. The van der Waals surface area contributed by atoms with Crippen LogP contribution in [-0.2, 0) is 15.1 Å². The molecule has 0 spiro atoms. The van der Waals surface area contributed by atoms with Crippen LogP contribution < -0.4 is 0 Å². The maximum absolute atomic E-state index is 12.2. The van der Waals surface area contributed by atoms with Gasteiger partial charge in [-0.3, -0.25) is 4.79 Å². The summed E-state index contributed by atoms with van der Waals surface area (Å²) in [6.45, 7) is 9.03. The van der Waals surface area contributed by atoms with Crippen LogP contribution in [0.3, 0.4) is 0 Å². The molecule has 20 heavy (non-hydrogen) atoms. The minimum absolute atomic E-state index is 0.387. The molecule has 2 atom stereocenters. The second kappa shape index (κ2) is 6.27. The van der Waals surface area contributed by atoms with Crippen molar-refractivity contribution in [3.8, 4) is 0 Å². The van der Waals surface area contributed by atoms with Crippen molar-refractivity contribution in [3.05, 3.63) is 34.3 Å². The van der Waals surface area contributed by atoms with Gasteiger partial charge in [0.15, 0.2) is 0 Å². The zero-order valence-electron chi connectivity index (χ0n) is 12.7. The first kappa shape index (κ1) is 17.2. The number of hydrogen-bond donors (Lipinski definition) is 1. The maximum Gasteiger partial charge on any atom is 0.312 e. The number of esters is 1. The Morgan fingerprint density at radius 3 is 2.45 bits per heavy atom. The molecule has 0 bridgehead atoms. The first-order valence-corrected chi connectivity index (χ1v) is 7.60. The predicted molar refractivity (Wildman–Crippen MR) is 83.3 cm³/mol. The number of halogens is 1. The van der Waals surface area contributed by atoms with E-state index in [4.69, 9.17) is 4.74 Å². The van der Waals surface area contributed by atoms with E-state index in [1.54, 1.807) is 6.92 Å². The summed E-state index contributed by atoms with van der Waals surface area (Å²) in [5.41, 5.74) is -1.07. The van der Waals surface area contributed by atoms with Crippen molar-refractivity contribution >= 4 is 21.9 Å². The summed E-state index contributed by atoms with van der Waals surface area (Å²) in [4.78, 5) is 12.2. The Morgan fingerprint density at radius 1 is 1.40 bits per heavy atom. The summed E-state index contributed by atoms with van der Waals surface area (Å²) in [5, 5.41) is 10.9. The molecule has 0 amide bonds. The molecule has 1 aromatic rings. The van der Waals surface area contributed by atoms with Gasteiger partial charge in [-0.25, -0.2) is 0 Å². The summed E-state index contributed by atoms with van der Waals surface area (Å²) >= 11 is 3.39. The monoisotopic (exact) mass is 342 g/mol. The van der Waals surface area contributed by atoms with Gasteiger partial charge >= 0.3 is 5.97 Å². The van der Waals surface area contributed by atoms with Crippen molar-refractivity contribution in [2.75, 3.05) is 0 Å². The van der Waals surface area contributed by atoms with E-state index in [0.29, 0.717) is 12.0 Å². The number of carbonyl (C=O) groups is 1. The maximum atomic E-state index is 12.2. The Balaban J connectivity index is 3.07. The Hall–Kier alpha value is -0.870. The van der Waals surface area contributed by atoms with Crippen LogP contribution in [0.1, 0.15) is 46.6 Å². The second-order valence-electron chi connectivity index (χ2n) is 6.04. The zero-order valence-corrected chi connectivity index (χ0v) is 14.3. The van der Waals surface area contributed by atoms with Gasteiger partial charge in [0.05, 0.1) is 5.92 Å². The Morgan fingerprint density at radius 2 is 2.00 bits per heavy atom. The Labute approximate surface area is 129 Å². The van der Waals surface area contributed by atoms with Gasteiger partial charge in [-0.15, -0.1) is 0 Å². The highest BCUT2D eigenvalue weighted by Crippen LogP contribution is 2.35. The first-order valence-electron chi connectivity index (χ1n) is 6.81. The van der Waals surface area contributed by atoms with Gasteiger partial charge in [0.1, 0.15) is 11.2 Å². The van der Waals surface area contributed by atoms with Gasteiger partial charge in [-0.2, -0.15) is 0 Å². The lowest BCUT2D eigenvalue weighted by Crippen LogP contribution is -2.41. The number of aliphatic hydroxyl groups is 1. The smallest absolute Gasteiger partial charge is 0.312 e. The van der Waals surface area contributed by atoms with Crippen molar-refractivity contribution in [1.82, 2.24) is 0 Å². The second-order valence-corrected chi connectivity index (χ2v) is 6.96. The van der Waals surface area contributed by atoms with Crippen LogP contribution >= 0.6 is 15.9 Å². The largest absolute Gasteiger partial charge is 0.460 e. The fourth-order valence-electron chi connectivity index (χ4n) is 2.10. The number of benzene rings is 1. The lowest BCUT2D eigenvalue weighted by atomic mass is 9.80. The molecule has 0 aliphatic heterocycles. The minimum Gasteiger partial charge on any atom is -0.460 e. The molecule has 1 aromatic carbocycles. The third-order valence-corrected chi connectivity index (χ3v) is 3.83. The number of rotatable bonds is 4. The first-order chi connectivity index (χ1) is 9.10. The lowest BCUT2D eigenvalue weighted by Gasteiger charge is -2.34. The summed E-state index contributed by atoms with van der Waals surface area (Å²) in [5.74, 6) is -1.03. The van der Waals surface area contributed by atoms with Crippen LogP contribution in [0, 0.1) is 5.92 Å².